The fourth-order valence-electron chi connectivity index (χ4n) is 1.13. The standard InChI is InChI=1S/C10H8.BrH/c1-2-6-10-8-4-3-7-9(10)5-1;/h1-8H;1H. The van der Waals surface area contributed by atoms with Gasteiger partial charge in [-0.05, 0) is 10.8 Å². The van der Waals surface area contributed by atoms with Crippen LogP contribution in [0, 0.1) is 0 Å². The van der Waals surface area contributed by atoms with Gasteiger partial charge in [-0.3, -0.25) is 0 Å². The molecule has 0 aliphatic carbocycles. The van der Waals surface area contributed by atoms with Gasteiger partial charge in [0.2, 0.25) is 0 Å². The maximum atomic E-state index is 2.12. The molecule has 0 fully saturated rings. The van der Waals surface area contributed by atoms with Crippen LogP contribution in [0.1, 0.15) is 0 Å². The van der Waals surface area contributed by atoms with E-state index in [2.05, 4.69) is 48.5 Å². The Morgan fingerprint density at radius 3 is 1.09 bits per heavy atom. The van der Waals surface area contributed by atoms with Gasteiger partial charge >= 0.3 is 0 Å². The van der Waals surface area contributed by atoms with Crippen LogP contribution >= 0.6 is 17.0 Å². The lowest BCUT2D eigenvalue weighted by molar-refractivity contribution is 1.75. The van der Waals surface area contributed by atoms with Crippen LogP contribution in [0.3, 0.4) is 0 Å². The van der Waals surface area contributed by atoms with Crippen molar-refractivity contribution in [1.29, 1.82) is 0 Å². The van der Waals surface area contributed by atoms with Crippen molar-refractivity contribution < 1.29 is 0 Å². The highest BCUT2D eigenvalue weighted by Crippen LogP contribution is 2.11. The average molecular weight is 209 g/mol. The van der Waals surface area contributed by atoms with Crippen molar-refractivity contribution in [2.24, 2.45) is 0 Å². The van der Waals surface area contributed by atoms with Gasteiger partial charge in [0.25, 0.3) is 0 Å². The van der Waals surface area contributed by atoms with Gasteiger partial charge < -0.3 is 0 Å². The zero-order valence-electron chi connectivity index (χ0n) is 6.03. The first-order valence-corrected chi connectivity index (χ1v) is 3.40. The number of hydrogen-bond donors (Lipinski definition) is 0. The molecule has 11 heavy (non-hydrogen) atoms. The summed E-state index contributed by atoms with van der Waals surface area (Å²) in [7, 11) is 0. The van der Waals surface area contributed by atoms with Crippen LogP contribution in [-0.2, 0) is 0 Å². The molecule has 0 saturated heterocycles. The topological polar surface area (TPSA) is 0 Å². The molecule has 1 heteroatoms. The molecule has 0 bridgehead atoms. The molecule has 0 aliphatic rings. The molecule has 0 aromatic heterocycles. The smallest absolute Gasteiger partial charge is 0.0184 e. The zero-order valence-corrected chi connectivity index (χ0v) is 7.74. The number of hydrogen-bond acceptors (Lipinski definition) is 0. The van der Waals surface area contributed by atoms with Crippen molar-refractivity contribution in [2.45, 2.75) is 0 Å². The maximum Gasteiger partial charge on any atom is -0.0184 e. The Morgan fingerprint density at radius 2 is 0.818 bits per heavy atom. The van der Waals surface area contributed by atoms with Crippen LogP contribution in [0.2, 0.25) is 0 Å². The molecule has 0 unspecified atom stereocenters. The monoisotopic (exact) mass is 208 g/mol. The van der Waals surface area contributed by atoms with Crippen molar-refractivity contribution in [3.05, 3.63) is 48.5 Å². The normalized spacial score (nSPS) is 9.09. The second-order valence-electron chi connectivity index (χ2n) is 2.35. The number of fused-ring (bicyclic) bond motifs is 1. The molecule has 2 aromatic rings. The molecule has 0 N–H and O–H groups in total. The zero-order chi connectivity index (χ0) is 6.81. The Hall–Kier alpha value is -0.820. The van der Waals surface area contributed by atoms with E-state index in [4.69, 9.17) is 0 Å². The SMILES string of the molecule is Br.c1ccc2ccccc2c1. The van der Waals surface area contributed by atoms with E-state index in [1.165, 1.54) is 10.8 Å². The third kappa shape index (κ3) is 1.60. The molecule has 0 heterocycles. The van der Waals surface area contributed by atoms with E-state index >= 15 is 0 Å². The second kappa shape index (κ2) is 3.54. The molecule has 56 valence electrons. The molecule has 0 atom stereocenters. The summed E-state index contributed by atoms with van der Waals surface area (Å²) in [5.74, 6) is 0. The second-order valence-corrected chi connectivity index (χ2v) is 2.35. The Kier molecular flexibility index (Phi) is 2.66. The quantitative estimate of drug-likeness (QED) is 0.623. The van der Waals surface area contributed by atoms with Crippen molar-refractivity contribution in [1.82, 2.24) is 0 Å². The van der Waals surface area contributed by atoms with Crippen LogP contribution < -0.4 is 0 Å². The molecular formula is C10H9Br. The van der Waals surface area contributed by atoms with Gasteiger partial charge in [0.1, 0.15) is 0 Å². The van der Waals surface area contributed by atoms with Crippen molar-refractivity contribution in [3.63, 3.8) is 0 Å². The summed E-state index contributed by atoms with van der Waals surface area (Å²) < 4.78 is 0. The van der Waals surface area contributed by atoms with Gasteiger partial charge in [-0.15, -0.1) is 17.0 Å². The first kappa shape index (κ1) is 8.28. The van der Waals surface area contributed by atoms with E-state index in [1.807, 2.05) is 0 Å². The van der Waals surface area contributed by atoms with Crippen LogP contribution in [0.5, 0.6) is 0 Å². The highest BCUT2D eigenvalue weighted by atomic mass is 79.9. The number of halogens is 1. The molecular weight excluding hydrogens is 200 g/mol. The lowest BCUT2D eigenvalue weighted by Crippen LogP contribution is -1.67. The molecule has 0 amide bonds. The van der Waals surface area contributed by atoms with Gasteiger partial charge in [0, 0.05) is 0 Å². The van der Waals surface area contributed by atoms with Crippen molar-refractivity contribution in [2.75, 3.05) is 0 Å². The summed E-state index contributed by atoms with van der Waals surface area (Å²) in [5.41, 5.74) is 0. The Bertz CT molecular complexity index is 276. The lowest BCUT2D eigenvalue weighted by atomic mass is 10.1. The van der Waals surface area contributed by atoms with Gasteiger partial charge in [-0.25, -0.2) is 0 Å². The Balaban J connectivity index is 0.000000605. The first-order valence-electron chi connectivity index (χ1n) is 3.40. The summed E-state index contributed by atoms with van der Waals surface area (Å²) in [4.78, 5) is 0. The molecule has 0 aliphatic heterocycles. The maximum absolute atomic E-state index is 2.12. The van der Waals surface area contributed by atoms with Crippen LogP contribution in [0.4, 0.5) is 0 Å². The number of benzene rings is 2. The molecule has 0 radical (unpaired) electrons. The van der Waals surface area contributed by atoms with Crippen LogP contribution in [0.15, 0.2) is 48.5 Å². The number of rotatable bonds is 0. The third-order valence-corrected chi connectivity index (χ3v) is 1.66. The van der Waals surface area contributed by atoms with E-state index < -0.39 is 0 Å². The van der Waals surface area contributed by atoms with E-state index in [0.717, 1.165) is 0 Å². The van der Waals surface area contributed by atoms with Crippen molar-refractivity contribution in [3.8, 4) is 0 Å². The van der Waals surface area contributed by atoms with Gasteiger partial charge in [0.05, 0.1) is 0 Å². The summed E-state index contributed by atoms with van der Waals surface area (Å²) in [6.45, 7) is 0. The van der Waals surface area contributed by atoms with Crippen LogP contribution in [0.25, 0.3) is 10.8 Å². The summed E-state index contributed by atoms with van der Waals surface area (Å²) in [6.07, 6.45) is 0. The fourth-order valence-corrected chi connectivity index (χ4v) is 1.13. The van der Waals surface area contributed by atoms with Crippen molar-refractivity contribution >= 4 is 27.8 Å². The minimum atomic E-state index is 0. The fraction of sp³-hybridized carbons (Fsp3) is 0. The predicted molar refractivity (Wildman–Crippen MR) is 54.3 cm³/mol. The van der Waals surface area contributed by atoms with Crippen LogP contribution in [-0.4, -0.2) is 0 Å². The molecule has 0 spiro atoms. The Labute approximate surface area is 76.6 Å². The van der Waals surface area contributed by atoms with Gasteiger partial charge in [0.15, 0.2) is 0 Å². The minimum Gasteiger partial charge on any atom is -0.114 e. The third-order valence-electron chi connectivity index (χ3n) is 1.66. The first-order chi connectivity index (χ1) is 4.97. The highest BCUT2D eigenvalue weighted by molar-refractivity contribution is 8.93. The Morgan fingerprint density at radius 1 is 0.545 bits per heavy atom. The minimum absolute atomic E-state index is 0. The summed E-state index contributed by atoms with van der Waals surface area (Å²) in [6, 6.07) is 16.7. The highest BCUT2D eigenvalue weighted by Gasteiger charge is 1.85. The molecule has 2 rings (SSSR count). The summed E-state index contributed by atoms with van der Waals surface area (Å²) >= 11 is 0. The van der Waals surface area contributed by atoms with Gasteiger partial charge in [-0.1, -0.05) is 48.5 Å². The van der Waals surface area contributed by atoms with E-state index in [-0.39, 0.29) is 17.0 Å². The van der Waals surface area contributed by atoms with E-state index in [0.29, 0.717) is 0 Å². The molecule has 0 nitrogen and oxygen atoms in total. The van der Waals surface area contributed by atoms with E-state index in [9.17, 15) is 0 Å². The molecule has 0 saturated carbocycles. The lowest BCUT2D eigenvalue weighted by Gasteiger charge is -1.92. The van der Waals surface area contributed by atoms with E-state index in [1.54, 1.807) is 0 Å². The molecule has 2 aromatic carbocycles. The van der Waals surface area contributed by atoms with Gasteiger partial charge in [-0.2, -0.15) is 0 Å². The predicted octanol–water partition coefficient (Wildman–Crippen LogP) is 3.42. The largest absolute Gasteiger partial charge is 0.114 e. The average Bonchev–Trinajstić information content (AvgIpc) is 2.05. The summed E-state index contributed by atoms with van der Waals surface area (Å²) in [5, 5.41) is 2.62.